The molecule has 3 N–H and O–H groups in total. The number of aromatic nitrogens is 3. The van der Waals surface area contributed by atoms with Gasteiger partial charge in [0.05, 0.1) is 5.69 Å². The summed E-state index contributed by atoms with van der Waals surface area (Å²) in [6.45, 7) is 7.88. The highest BCUT2D eigenvalue weighted by Gasteiger charge is 2.19. The van der Waals surface area contributed by atoms with Crippen molar-refractivity contribution in [3.05, 3.63) is 29.1 Å². The third kappa shape index (κ3) is 3.29. The maximum atomic E-state index is 6.03. The van der Waals surface area contributed by atoms with Crippen LogP contribution in [0.1, 0.15) is 17.0 Å². The minimum absolute atomic E-state index is 0.321. The Kier molecular flexibility index (Phi) is 4.27. The smallest absolute Gasteiger partial charge is 0.222 e. The largest absolute Gasteiger partial charge is 0.368 e. The van der Waals surface area contributed by atoms with Gasteiger partial charge in [0.1, 0.15) is 5.82 Å². The highest BCUT2D eigenvalue weighted by atomic mass is 15.3. The zero-order valence-corrected chi connectivity index (χ0v) is 14.9. The van der Waals surface area contributed by atoms with Crippen molar-refractivity contribution in [2.24, 2.45) is 0 Å². The first-order chi connectivity index (χ1) is 12.1. The molecule has 4 heterocycles. The number of nitrogens with zero attached hydrogens (tertiary/aromatic N) is 5. The predicted molar refractivity (Wildman–Crippen MR) is 99.5 cm³/mol. The zero-order valence-electron chi connectivity index (χ0n) is 14.9. The molecule has 2 aliphatic heterocycles. The van der Waals surface area contributed by atoms with Crippen LogP contribution in [-0.2, 0) is 13.0 Å². The van der Waals surface area contributed by atoms with Crippen LogP contribution in [0.5, 0.6) is 0 Å². The van der Waals surface area contributed by atoms with Gasteiger partial charge in [-0.15, -0.1) is 0 Å². The van der Waals surface area contributed by atoms with Crippen LogP contribution in [-0.4, -0.2) is 59.6 Å². The average molecular weight is 339 g/mol. The van der Waals surface area contributed by atoms with Crippen LogP contribution >= 0.6 is 0 Å². The second-order valence-corrected chi connectivity index (χ2v) is 6.91. The van der Waals surface area contributed by atoms with E-state index in [9.17, 15) is 0 Å². The van der Waals surface area contributed by atoms with Gasteiger partial charge in [-0.2, -0.15) is 4.98 Å². The van der Waals surface area contributed by atoms with Gasteiger partial charge in [0.15, 0.2) is 0 Å². The Morgan fingerprint density at radius 2 is 1.88 bits per heavy atom. The van der Waals surface area contributed by atoms with Gasteiger partial charge < -0.3 is 20.9 Å². The lowest BCUT2D eigenvalue weighted by Crippen LogP contribution is -2.44. The lowest BCUT2D eigenvalue weighted by atomic mass is 10.0. The summed E-state index contributed by atoms with van der Waals surface area (Å²) in [5, 5.41) is 3.41. The highest BCUT2D eigenvalue weighted by Crippen LogP contribution is 2.28. The highest BCUT2D eigenvalue weighted by molar-refractivity contribution is 5.67. The molecule has 2 aromatic rings. The Morgan fingerprint density at radius 1 is 1.08 bits per heavy atom. The van der Waals surface area contributed by atoms with Gasteiger partial charge >= 0.3 is 0 Å². The van der Waals surface area contributed by atoms with Crippen molar-refractivity contribution in [2.45, 2.75) is 19.9 Å². The van der Waals surface area contributed by atoms with E-state index < -0.39 is 0 Å². The maximum Gasteiger partial charge on any atom is 0.222 e. The molecule has 0 amide bonds. The molecule has 4 rings (SSSR count). The molecule has 25 heavy (non-hydrogen) atoms. The normalized spacial score (nSPS) is 18.2. The Balaban J connectivity index is 1.71. The number of hydrogen-bond acceptors (Lipinski definition) is 7. The molecule has 0 unspecified atom stereocenters. The van der Waals surface area contributed by atoms with Crippen LogP contribution in [0.25, 0.3) is 11.3 Å². The third-order valence-corrected chi connectivity index (χ3v) is 5.07. The molecule has 0 atom stereocenters. The number of piperazine rings is 1. The van der Waals surface area contributed by atoms with Crippen LogP contribution in [0, 0.1) is 6.92 Å². The molecule has 1 saturated heterocycles. The first-order valence-corrected chi connectivity index (χ1v) is 8.88. The molecule has 7 heteroatoms. The summed E-state index contributed by atoms with van der Waals surface area (Å²) >= 11 is 0. The quantitative estimate of drug-likeness (QED) is 0.838. The predicted octanol–water partition coefficient (Wildman–Crippen LogP) is 0.827. The molecule has 0 saturated carbocycles. The SMILES string of the molecule is Cc1nc2c(cc1-c1cc(N3CCN(C)CC3)nc(N)n1)CNCC2. The van der Waals surface area contributed by atoms with Crippen LogP contribution in [0.15, 0.2) is 12.1 Å². The molecule has 2 aliphatic rings. The van der Waals surface area contributed by atoms with Crippen molar-refractivity contribution in [1.29, 1.82) is 0 Å². The van der Waals surface area contributed by atoms with Gasteiger partial charge in [-0.3, -0.25) is 4.98 Å². The van der Waals surface area contributed by atoms with Crippen molar-refractivity contribution < 1.29 is 0 Å². The minimum Gasteiger partial charge on any atom is -0.368 e. The molecule has 1 fully saturated rings. The molecule has 0 aliphatic carbocycles. The molecular formula is C18H25N7. The third-order valence-electron chi connectivity index (χ3n) is 5.07. The van der Waals surface area contributed by atoms with Crippen LogP contribution in [0.4, 0.5) is 11.8 Å². The maximum absolute atomic E-state index is 6.03. The first kappa shape index (κ1) is 16.2. The summed E-state index contributed by atoms with van der Waals surface area (Å²) in [7, 11) is 2.15. The molecule has 0 bridgehead atoms. The van der Waals surface area contributed by atoms with Gasteiger partial charge in [-0.25, -0.2) is 4.98 Å². The fraction of sp³-hybridized carbons (Fsp3) is 0.500. The fourth-order valence-electron chi connectivity index (χ4n) is 3.54. The van der Waals surface area contributed by atoms with Gasteiger partial charge in [-0.1, -0.05) is 0 Å². The summed E-state index contributed by atoms with van der Waals surface area (Å²) in [4.78, 5) is 18.4. The second kappa shape index (κ2) is 6.57. The number of aryl methyl sites for hydroxylation is 1. The topological polar surface area (TPSA) is 83.2 Å². The Bertz CT molecular complexity index is 781. The number of pyridine rings is 1. The standard InChI is InChI=1S/C18H25N7/c1-12-14(9-13-11-20-4-3-15(13)21-12)16-10-17(23-18(19)22-16)25-7-5-24(2)6-8-25/h9-10,20H,3-8,11H2,1-2H3,(H2,19,22,23). The fourth-order valence-corrected chi connectivity index (χ4v) is 3.54. The van der Waals surface area contributed by atoms with Crippen molar-refractivity contribution in [3.8, 4) is 11.3 Å². The van der Waals surface area contributed by atoms with E-state index in [1.54, 1.807) is 0 Å². The number of likely N-dealkylation sites (N-methyl/N-ethyl adjacent to an activating group) is 1. The van der Waals surface area contributed by atoms with Gasteiger partial charge in [0.2, 0.25) is 5.95 Å². The van der Waals surface area contributed by atoms with Crippen LogP contribution in [0.3, 0.4) is 0 Å². The number of nitrogen functional groups attached to an aromatic ring is 1. The Morgan fingerprint density at radius 3 is 2.68 bits per heavy atom. The van der Waals surface area contributed by atoms with E-state index in [1.165, 1.54) is 11.3 Å². The lowest BCUT2D eigenvalue weighted by Gasteiger charge is -2.33. The number of rotatable bonds is 2. The van der Waals surface area contributed by atoms with E-state index in [0.29, 0.717) is 5.95 Å². The number of fused-ring (bicyclic) bond motifs is 1. The van der Waals surface area contributed by atoms with E-state index in [4.69, 9.17) is 10.7 Å². The Hall–Kier alpha value is -2.25. The summed E-state index contributed by atoms with van der Waals surface area (Å²) in [5.74, 6) is 1.23. The molecule has 0 spiro atoms. The van der Waals surface area contributed by atoms with Crippen molar-refractivity contribution in [2.75, 3.05) is 50.4 Å². The lowest BCUT2D eigenvalue weighted by molar-refractivity contribution is 0.312. The molecule has 0 aromatic carbocycles. The monoisotopic (exact) mass is 339 g/mol. The molecule has 7 nitrogen and oxygen atoms in total. The average Bonchev–Trinajstić information content (AvgIpc) is 2.61. The van der Waals surface area contributed by atoms with Crippen molar-refractivity contribution in [1.82, 2.24) is 25.2 Å². The number of anilines is 2. The van der Waals surface area contributed by atoms with E-state index in [1.807, 2.05) is 13.0 Å². The zero-order chi connectivity index (χ0) is 17.4. The van der Waals surface area contributed by atoms with Gasteiger partial charge in [0, 0.05) is 68.7 Å². The van der Waals surface area contributed by atoms with Crippen LogP contribution < -0.4 is 16.0 Å². The number of nitrogens with two attached hydrogens (primary N) is 1. The van der Waals surface area contributed by atoms with Crippen molar-refractivity contribution >= 4 is 11.8 Å². The molecule has 132 valence electrons. The van der Waals surface area contributed by atoms with E-state index in [-0.39, 0.29) is 0 Å². The summed E-state index contributed by atoms with van der Waals surface area (Å²) in [5.41, 5.74) is 11.4. The summed E-state index contributed by atoms with van der Waals surface area (Å²) in [6, 6.07) is 4.26. The number of hydrogen-bond donors (Lipinski definition) is 2. The summed E-state index contributed by atoms with van der Waals surface area (Å²) in [6.07, 6.45) is 0.981. The summed E-state index contributed by atoms with van der Waals surface area (Å²) < 4.78 is 0. The van der Waals surface area contributed by atoms with Gasteiger partial charge in [-0.05, 0) is 25.6 Å². The van der Waals surface area contributed by atoms with Gasteiger partial charge in [0.25, 0.3) is 0 Å². The van der Waals surface area contributed by atoms with E-state index in [2.05, 4.69) is 38.2 Å². The first-order valence-electron chi connectivity index (χ1n) is 8.88. The second-order valence-electron chi connectivity index (χ2n) is 6.91. The number of nitrogens with one attached hydrogen (secondary N) is 1. The van der Waals surface area contributed by atoms with E-state index >= 15 is 0 Å². The molecule has 0 radical (unpaired) electrons. The van der Waals surface area contributed by atoms with E-state index in [0.717, 1.165) is 68.5 Å². The van der Waals surface area contributed by atoms with Crippen molar-refractivity contribution in [3.63, 3.8) is 0 Å². The molecule has 2 aromatic heterocycles. The Labute approximate surface area is 148 Å². The van der Waals surface area contributed by atoms with Crippen LogP contribution in [0.2, 0.25) is 0 Å². The molecular weight excluding hydrogens is 314 g/mol. The minimum atomic E-state index is 0.321.